The summed E-state index contributed by atoms with van der Waals surface area (Å²) >= 11 is 0. The van der Waals surface area contributed by atoms with Crippen molar-refractivity contribution in [3.8, 4) is 0 Å². The van der Waals surface area contributed by atoms with Gasteiger partial charge in [0.1, 0.15) is 0 Å². The zero-order chi connectivity index (χ0) is 15.0. The predicted molar refractivity (Wildman–Crippen MR) is 80.0 cm³/mol. The summed E-state index contributed by atoms with van der Waals surface area (Å²) in [4.78, 5) is 0.262. The van der Waals surface area contributed by atoms with Crippen LogP contribution in [0.2, 0.25) is 0 Å². The molecule has 0 aliphatic heterocycles. The Morgan fingerprint density at radius 1 is 1.30 bits per heavy atom. The minimum absolute atomic E-state index is 0.262. The topological polar surface area (TPSA) is 81.4 Å². The van der Waals surface area contributed by atoms with E-state index in [0.717, 1.165) is 17.5 Å². The fourth-order valence-electron chi connectivity index (χ4n) is 1.75. The lowest BCUT2D eigenvalue weighted by Crippen LogP contribution is -2.26. The molecule has 0 aliphatic carbocycles. The molecular weight excluding hydrogens is 276 g/mol. The van der Waals surface area contributed by atoms with Crippen molar-refractivity contribution < 1.29 is 13.2 Å². The van der Waals surface area contributed by atoms with Crippen molar-refractivity contribution in [3.05, 3.63) is 29.3 Å². The van der Waals surface area contributed by atoms with Gasteiger partial charge in [0.05, 0.1) is 4.90 Å². The normalized spacial score (nSPS) is 11.8. The van der Waals surface area contributed by atoms with Crippen LogP contribution in [0.1, 0.15) is 30.9 Å². The smallest absolute Gasteiger partial charge is 0.240 e. The third-order valence-electron chi connectivity index (χ3n) is 2.96. The first-order chi connectivity index (χ1) is 9.51. The third-order valence-corrected chi connectivity index (χ3v) is 4.42. The van der Waals surface area contributed by atoms with E-state index in [4.69, 9.17) is 10.5 Å². The van der Waals surface area contributed by atoms with E-state index in [1.807, 2.05) is 13.8 Å². The summed E-state index contributed by atoms with van der Waals surface area (Å²) in [7, 11) is -3.46. The summed E-state index contributed by atoms with van der Waals surface area (Å²) in [5.74, 6) is 0. The molecule has 0 aromatic heterocycles. The number of nitrogens with one attached hydrogen (secondary N) is 1. The van der Waals surface area contributed by atoms with Crippen LogP contribution < -0.4 is 10.5 Å². The lowest BCUT2D eigenvalue weighted by atomic mass is 10.1. The van der Waals surface area contributed by atoms with Crippen LogP contribution in [0.25, 0.3) is 0 Å². The summed E-state index contributed by atoms with van der Waals surface area (Å²) in [5.41, 5.74) is 7.45. The van der Waals surface area contributed by atoms with Crippen LogP contribution in [0, 0.1) is 6.92 Å². The molecular formula is C14H24N2O3S. The van der Waals surface area contributed by atoms with Gasteiger partial charge in [0.15, 0.2) is 0 Å². The first kappa shape index (κ1) is 17.1. The molecule has 0 radical (unpaired) electrons. The van der Waals surface area contributed by atoms with Crippen molar-refractivity contribution >= 4 is 10.0 Å². The second-order valence-electron chi connectivity index (χ2n) is 4.66. The highest BCUT2D eigenvalue weighted by atomic mass is 32.2. The Bertz CT molecular complexity index is 515. The Morgan fingerprint density at radius 2 is 2.05 bits per heavy atom. The lowest BCUT2D eigenvalue weighted by molar-refractivity contribution is 0.133. The quantitative estimate of drug-likeness (QED) is 0.678. The number of sulfonamides is 1. The maximum Gasteiger partial charge on any atom is 0.240 e. The number of nitrogens with two attached hydrogens (primary N) is 1. The molecule has 0 fully saturated rings. The molecule has 3 N–H and O–H groups in total. The summed E-state index contributed by atoms with van der Waals surface area (Å²) in [6, 6.07) is 5.01. The number of hydrogen-bond donors (Lipinski definition) is 2. The van der Waals surface area contributed by atoms with E-state index in [2.05, 4.69) is 4.72 Å². The largest absolute Gasteiger partial charge is 0.381 e. The van der Waals surface area contributed by atoms with Gasteiger partial charge in [0.2, 0.25) is 10.0 Å². The minimum atomic E-state index is -3.46. The van der Waals surface area contributed by atoms with Gasteiger partial charge in [-0.15, -0.1) is 0 Å². The molecule has 114 valence electrons. The maximum atomic E-state index is 12.1. The zero-order valence-electron chi connectivity index (χ0n) is 12.2. The van der Waals surface area contributed by atoms with Crippen LogP contribution in [0.5, 0.6) is 0 Å². The molecule has 0 saturated heterocycles. The zero-order valence-corrected chi connectivity index (χ0v) is 13.0. The molecule has 5 nitrogen and oxygen atoms in total. The summed E-state index contributed by atoms with van der Waals surface area (Å²) in [5, 5.41) is 0. The molecule has 0 saturated carbocycles. The van der Waals surface area contributed by atoms with Crippen molar-refractivity contribution in [1.29, 1.82) is 0 Å². The average Bonchev–Trinajstić information content (AvgIpc) is 2.43. The van der Waals surface area contributed by atoms with Gasteiger partial charge in [-0.1, -0.05) is 13.0 Å². The molecule has 20 heavy (non-hydrogen) atoms. The third kappa shape index (κ3) is 5.20. The molecule has 6 heteroatoms. The fraction of sp³-hybridized carbons (Fsp3) is 0.571. The van der Waals surface area contributed by atoms with Crippen LogP contribution in [0.15, 0.2) is 23.1 Å². The number of hydrogen-bond acceptors (Lipinski definition) is 4. The van der Waals surface area contributed by atoms with Gasteiger partial charge in [-0.25, -0.2) is 13.1 Å². The minimum Gasteiger partial charge on any atom is -0.381 e. The molecule has 1 rings (SSSR count). The average molecular weight is 300 g/mol. The number of aryl methyl sites for hydroxylation is 1. The molecule has 1 aromatic carbocycles. The van der Waals surface area contributed by atoms with Gasteiger partial charge in [0.25, 0.3) is 0 Å². The standard InChI is InChI=1S/C14H24N2O3S/c1-3-8-19-9-4-7-16-20(17,18)14-6-5-12(2)13(10-14)11-15/h5-6,10,16H,3-4,7-9,11,15H2,1-2H3. The monoisotopic (exact) mass is 300 g/mol. The lowest BCUT2D eigenvalue weighted by Gasteiger charge is -2.09. The van der Waals surface area contributed by atoms with Crippen molar-refractivity contribution in [1.82, 2.24) is 4.72 Å². The van der Waals surface area contributed by atoms with E-state index >= 15 is 0 Å². The highest BCUT2D eigenvalue weighted by Gasteiger charge is 2.14. The Hall–Kier alpha value is -0.950. The summed E-state index contributed by atoms with van der Waals surface area (Å²) in [6.07, 6.45) is 1.63. The van der Waals surface area contributed by atoms with Crippen LogP contribution in [0.3, 0.4) is 0 Å². The Balaban J connectivity index is 2.56. The second-order valence-corrected chi connectivity index (χ2v) is 6.42. The van der Waals surface area contributed by atoms with E-state index in [1.165, 1.54) is 0 Å². The van der Waals surface area contributed by atoms with E-state index in [1.54, 1.807) is 18.2 Å². The highest BCUT2D eigenvalue weighted by Crippen LogP contribution is 2.15. The number of benzene rings is 1. The van der Waals surface area contributed by atoms with E-state index in [-0.39, 0.29) is 4.90 Å². The van der Waals surface area contributed by atoms with Crippen LogP contribution >= 0.6 is 0 Å². The molecule has 0 bridgehead atoms. The van der Waals surface area contributed by atoms with Crippen molar-refractivity contribution in [2.24, 2.45) is 5.73 Å². The Labute approximate surface area is 121 Å². The maximum absolute atomic E-state index is 12.1. The van der Waals surface area contributed by atoms with E-state index in [0.29, 0.717) is 32.7 Å². The first-order valence-corrected chi connectivity index (χ1v) is 8.36. The number of ether oxygens (including phenoxy) is 1. The van der Waals surface area contributed by atoms with Crippen LogP contribution in [-0.4, -0.2) is 28.2 Å². The molecule has 1 aromatic rings. The van der Waals surface area contributed by atoms with Gasteiger partial charge < -0.3 is 10.5 Å². The fourth-order valence-corrected chi connectivity index (χ4v) is 2.87. The van der Waals surface area contributed by atoms with Gasteiger partial charge in [-0.2, -0.15) is 0 Å². The Kier molecular flexibility index (Phi) is 7.15. The first-order valence-electron chi connectivity index (χ1n) is 6.88. The summed E-state index contributed by atoms with van der Waals surface area (Å²) < 4.78 is 32.1. The van der Waals surface area contributed by atoms with Crippen molar-refractivity contribution in [3.63, 3.8) is 0 Å². The van der Waals surface area contributed by atoms with E-state index in [9.17, 15) is 8.42 Å². The molecule has 0 atom stereocenters. The van der Waals surface area contributed by atoms with Gasteiger partial charge in [-0.3, -0.25) is 0 Å². The van der Waals surface area contributed by atoms with Gasteiger partial charge in [0, 0.05) is 26.3 Å². The molecule has 0 amide bonds. The van der Waals surface area contributed by atoms with Crippen LogP contribution in [0.4, 0.5) is 0 Å². The van der Waals surface area contributed by atoms with E-state index < -0.39 is 10.0 Å². The highest BCUT2D eigenvalue weighted by molar-refractivity contribution is 7.89. The van der Waals surface area contributed by atoms with Gasteiger partial charge >= 0.3 is 0 Å². The molecule has 0 spiro atoms. The molecule has 0 unspecified atom stereocenters. The van der Waals surface area contributed by atoms with Gasteiger partial charge in [-0.05, 0) is 43.0 Å². The van der Waals surface area contributed by atoms with Crippen molar-refractivity contribution in [2.45, 2.75) is 38.1 Å². The molecule has 0 aliphatic rings. The SMILES string of the molecule is CCCOCCCNS(=O)(=O)c1ccc(C)c(CN)c1. The molecule has 0 heterocycles. The van der Waals surface area contributed by atoms with Crippen molar-refractivity contribution in [2.75, 3.05) is 19.8 Å². The number of rotatable bonds is 9. The van der Waals surface area contributed by atoms with Crippen LogP contribution in [-0.2, 0) is 21.3 Å². The Morgan fingerprint density at radius 3 is 2.70 bits per heavy atom. The second kappa shape index (κ2) is 8.36. The predicted octanol–water partition coefficient (Wildman–Crippen LogP) is 1.55. The summed E-state index contributed by atoms with van der Waals surface area (Å²) in [6.45, 7) is 5.94.